The van der Waals surface area contributed by atoms with Crippen LogP contribution in [0.3, 0.4) is 0 Å². The molecular weight excluding hydrogens is 330 g/mol. The van der Waals surface area contributed by atoms with Crippen LogP contribution >= 0.6 is 22.9 Å². The van der Waals surface area contributed by atoms with Crippen molar-refractivity contribution in [2.45, 2.75) is 44.1 Å². The molecule has 0 unspecified atom stereocenters. The summed E-state index contributed by atoms with van der Waals surface area (Å²) in [5, 5.41) is 1.87. The topological polar surface area (TPSA) is 63.5 Å². The zero-order chi connectivity index (χ0) is 15.1. The summed E-state index contributed by atoms with van der Waals surface area (Å²) < 4.78 is 29.5. The van der Waals surface area contributed by atoms with Gasteiger partial charge >= 0.3 is 0 Å². The highest BCUT2D eigenvalue weighted by atomic mass is 35.5. The number of sulfonamides is 1. The molecule has 2 aromatic heterocycles. The van der Waals surface area contributed by atoms with Gasteiger partial charge in [-0.3, -0.25) is 4.40 Å². The first-order valence-electron chi connectivity index (χ1n) is 7.08. The first-order chi connectivity index (χ1) is 9.97. The van der Waals surface area contributed by atoms with E-state index < -0.39 is 10.0 Å². The third-order valence-corrected chi connectivity index (χ3v) is 7.04. The number of halogens is 1. The third-order valence-electron chi connectivity index (χ3n) is 4.48. The lowest BCUT2D eigenvalue weighted by Crippen LogP contribution is -2.36. The van der Waals surface area contributed by atoms with Gasteiger partial charge in [0.15, 0.2) is 15.1 Å². The van der Waals surface area contributed by atoms with Crippen molar-refractivity contribution < 1.29 is 8.42 Å². The molecule has 0 saturated heterocycles. The van der Waals surface area contributed by atoms with Crippen LogP contribution in [-0.4, -0.2) is 24.3 Å². The van der Waals surface area contributed by atoms with E-state index in [0.29, 0.717) is 11.5 Å². The van der Waals surface area contributed by atoms with Crippen LogP contribution in [0.2, 0.25) is 5.15 Å². The molecule has 1 aliphatic rings. The second kappa shape index (κ2) is 5.53. The zero-order valence-corrected chi connectivity index (χ0v) is 14.2. The van der Waals surface area contributed by atoms with E-state index in [-0.39, 0.29) is 15.6 Å². The van der Waals surface area contributed by atoms with Gasteiger partial charge in [0.2, 0.25) is 0 Å². The summed E-state index contributed by atoms with van der Waals surface area (Å²) in [6.07, 6.45) is 7.19. The van der Waals surface area contributed by atoms with Crippen LogP contribution in [-0.2, 0) is 10.0 Å². The molecule has 5 nitrogen and oxygen atoms in total. The summed E-state index contributed by atoms with van der Waals surface area (Å²) >= 11 is 7.37. The van der Waals surface area contributed by atoms with E-state index in [1.807, 2.05) is 0 Å². The maximum atomic E-state index is 12.6. The Bertz CT molecular complexity index is 745. The minimum absolute atomic E-state index is 0.0336. The molecule has 8 heteroatoms. The Hall–Kier alpha value is -0.630. The van der Waals surface area contributed by atoms with E-state index in [0.717, 1.165) is 19.3 Å². The van der Waals surface area contributed by atoms with Crippen molar-refractivity contribution in [3.63, 3.8) is 0 Å². The van der Waals surface area contributed by atoms with E-state index in [4.69, 9.17) is 11.6 Å². The van der Waals surface area contributed by atoms with Crippen molar-refractivity contribution in [3.05, 3.63) is 16.7 Å². The van der Waals surface area contributed by atoms with Crippen molar-refractivity contribution >= 4 is 37.9 Å². The van der Waals surface area contributed by atoms with Crippen LogP contribution in [0.1, 0.15) is 39.0 Å². The molecule has 116 valence electrons. The van der Waals surface area contributed by atoms with Gasteiger partial charge in [0.1, 0.15) is 0 Å². The van der Waals surface area contributed by atoms with Gasteiger partial charge in [-0.25, -0.2) is 18.1 Å². The molecule has 3 rings (SSSR count). The molecule has 1 fully saturated rings. The highest BCUT2D eigenvalue weighted by Crippen LogP contribution is 2.40. The Kier molecular flexibility index (Phi) is 4.02. The van der Waals surface area contributed by atoms with Crippen LogP contribution in [0, 0.1) is 5.41 Å². The van der Waals surface area contributed by atoms with Crippen molar-refractivity contribution in [1.29, 1.82) is 0 Å². The Balaban J connectivity index is 1.87. The average molecular weight is 348 g/mol. The Morgan fingerprint density at radius 1 is 1.48 bits per heavy atom. The van der Waals surface area contributed by atoms with Crippen LogP contribution in [0.4, 0.5) is 0 Å². The molecule has 0 bridgehead atoms. The van der Waals surface area contributed by atoms with Gasteiger partial charge in [-0.05, 0) is 24.7 Å². The van der Waals surface area contributed by atoms with E-state index in [9.17, 15) is 8.42 Å². The molecular formula is C13H18ClN3O2S2. The molecule has 1 aliphatic carbocycles. The lowest BCUT2D eigenvalue weighted by Gasteiger charge is -2.27. The molecule has 0 radical (unpaired) electrons. The number of nitrogens with zero attached hydrogens (tertiary/aromatic N) is 2. The predicted molar refractivity (Wildman–Crippen MR) is 84.5 cm³/mol. The molecule has 0 spiro atoms. The van der Waals surface area contributed by atoms with E-state index in [2.05, 4.69) is 16.6 Å². The van der Waals surface area contributed by atoms with E-state index in [1.54, 1.807) is 11.6 Å². The smallest absolute Gasteiger partial charge is 0.259 e. The maximum Gasteiger partial charge on any atom is 0.259 e. The summed E-state index contributed by atoms with van der Waals surface area (Å²) in [5.74, 6) is 0. The SMILES string of the molecule is CCC1(CNS(=O)(=O)c2c(Cl)nc3sccn23)CCCC1. The number of rotatable bonds is 5. The van der Waals surface area contributed by atoms with Crippen molar-refractivity contribution in [1.82, 2.24) is 14.1 Å². The fourth-order valence-electron chi connectivity index (χ4n) is 3.08. The van der Waals surface area contributed by atoms with Crippen LogP contribution in [0.15, 0.2) is 16.6 Å². The zero-order valence-electron chi connectivity index (χ0n) is 11.8. The number of hydrogen-bond acceptors (Lipinski definition) is 4. The fourth-order valence-corrected chi connectivity index (χ4v) is 5.68. The Morgan fingerprint density at radius 3 is 2.86 bits per heavy atom. The quantitative estimate of drug-likeness (QED) is 0.902. The van der Waals surface area contributed by atoms with Crippen LogP contribution in [0.5, 0.6) is 0 Å². The number of thiazole rings is 1. The second-order valence-electron chi connectivity index (χ2n) is 5.65. The molecule has 21 heavy (non-hydrogen) atoms. The van der Waals surface area contributed by atoms with Crippen LogP contribution in [0.25, 0.3) is 4.96 Å². The van der Waals surface area contributed by atoms with E-state index >= 15 is 0 Å². The summed E-state index contributed by atoms with van der Waals surface area (Å²) in [5.41, 5.74) is 0.0952. The van der Waals surface area contributed by atoms with Gasteiger partial charge in [0, 0.05) is 18.1 Å². The lowest BCUT2D eigenvalue weighted by molar-refractivity contribution is 0.285. The molecule has 2 heterocycles. The Labute approximate surface area is 133 Å². The standard InChI is InChI=1S/C13H18ClN3O2S2/c1-2-13(5-3-4-6-13)9-15-21(18,19)11-10(14)16-12-17(11)7-8-20-12/h7-8,15H,2-6,9H2,1H3. The van der Waals surface area contributed by atoms with Gasteiger partial charge in [-0.2, -0.15) is 0 Å². The molecule has 0 atom stereocenters. The van der Waals surface area contributed by atoms with Gasteiger partial charge in [0.05, 0.1) is 0 Å². The minimum atomic E-state index is -3.65. The largest absolute Gasteiger partial charge is 0.279 e. The number of hydrogen-bond donors (Lipinski definition) is 1. The molecule has 1 N–H and O–H groups in total. The number of imidazole rings is 1. The van der Waals surface area contributed by atoms with Crippen molar-refractivity contribution in [2.24, 2.45) is 5.41 Å². The highest BCUT2D eigenvalue weighted by Gasteiger charge is 2.34. The molecule has 1 saturated carbocycles. The van der Waals surface area contributed by atoms with E-state index in [1.165, 1.54) is 28.6 Å². The van der Waals surface area contributed by atoms with Gasteiger partial charge < -0.3 is 0 Å². The highest BCUT2D eigenvalue weighted by molar-refractivity contribution is 7.89. The fraction of sp³-hybridized carbons (Fsp3) is 0.615. The van der Waals surface area contributed by atoms with Crippen LogP contribution < -0.4 is 4.72 Å². The van der Waals surface area contributed by atoms with Gasteiger partial charge in [-0.1, -0.05) is 31.4 Å². The van der Waals surface area contributed by atoms with Gasteiger partial charge in [-0.15, -0.1) is 11.3 Å². The van der Waals surface area contributed by atoms with Crippen molar-refractivity contribution in [3.8, 4) is 0 Å². The first kappa shape index (κ1) is 15.3. The van der Waals surface area contributed by atoms with Crippen molar-refractivity contribution in [2.75, 3.05) is 6.54 Å². The monoisotopic (exact) mass is 347 g/mol. The molecule has 0 amide bonds. The normalized spacial score (nSPS) is 18.6. The summed E-state index contributed by atoms with van der Waals surface area (Å²) in [6.45, 7) is 2.60. The summed E-state index contributed by atoms with van der Waals surface area (Å²) in [6, 6.07) is 0. The lowest BCUT2D eigenvalue weighted by atomic mass is 9.84. The molecule has 0 aliphatic heterocycles. The first-order valence-corrected chi connectivity index (χ1v) is 9.82. The third kappa shape index (κ3) is 2.72. The van der Waals surface area contributed by atoms with Gasteiger partial charge in [0.25, 0.3) is 10.0 Å². The maximum absolute atomic E-state index is 12.6. The summed E-state index contributed by atoms with van der Waals surface area (Å²) in [7, 11) is -3.65. The number of fused-ring (bicyclic) bond motifs is 1. The molecule has 2 aromatic rings. The molecule has 0 aromatic carbocycles. The Morgan fingerprint density at radius 2 is 2.19 bits per heavy atom. The minimum Gasteiger partial charge on any atom is -0.279 e. The average Bonchev–Trinajstić information content (AvgIpc) is 3.11. The second-order valence-corrected chi connectivity index (χ2v) is 8.56. The summed E-state index contributed by atoms with van der Waals surface area (Å²) in [4.78, 5) is 4.67. The predicted octanol–water partition coefficient (Wildman–Crippen LogP) is 3.30. The number of nitrogens with one attached hydrogen (secondary N) is 1. The number of aromatic nitrogens is 2.